The second kappa shape index (κ2) is 10.3. The van der Waals surface area contributed by atoms with Crippen LogP contribution < -0.4 is 28.4 Å². The second-order valence-electron chi connectivity index (χ2n) is 6.19. The normalized spacial score (nSPS) is 11.7. The van der Waals surface area contributed by atoms with Crippen LogP contribution in [0.25, 0.3) is 11.1 Å². The predicted octanol–water partition coefficient (Wildman–Crippen LogP) is 3.42. The first-order valence-electron chi connectivity index (χ1n) is 8.74. The van der Waals surface area contributed by atoms with Gasteiger partial charge in [0.1, 0.15) is 0 Å². The predicted molar refractivity (Wildman–Crippen MR) is 126 cm³/mol. The number of rotatable bonds is 9. The third-order valence-electron chi connectivity index (χ3n) is 4.52. The van der Waals surface area contributed by atoms with Crippen LogP contribution in [-0.2, 0) is 20.2 Å². The molecule has 0 heterocycles. The van der Waals surface area contributed by atoms with Gasteiger partial charge in [0.25, 0.3) is 20.2 Å². The van der Waals surface area contributed by atoms with Crippen LogP contribution in [-0.4, -0.2) is 68.6 Å². The maximum absolute atomic E-state index is 12.3. The van der Waals surface area contributed by atoms with Gasteiger partial charge in [0.05, 0.1) is 62.7 Å². The molecule has 16 heteroatoms. The lowest BCUT2D eigenvalue weighted by molar-refractivity contribution is 0.336. The fourth-order valence-electron chi connectivity index (χ4n) is 3.32. The Kier molecular flexibility index (Phi) is 8.59. The van der Waals surface area contributed by atoms with E-state index in [-0.39, 0.29) is 43.1 Å². The maximum atomic E-state index is 12.3. The summed E-state index contributed by atoms with van der Waals surface area (Å²) in [4.78, 5) is -1.52. The van der Waals surface area contributed by atoms with Gasteiger partial charge >= 0.3 is 0 Å². The van der Waals surface area contributed by atoms with Gasteiger partial charge in [-0.25, -0.2) is 0 Å². The van der Waals surface area contributed by atoms with Crippen molar-refractivity contribution in [2.24, 2.45) is 0 Å². The van der Waals surface area contributed by atoms with Crippen LogP contribution in [0.1, 0.15) is 0 Å². The third kappa shape index (κ3) is 4.61. The van der Waals surface area contributed by atoms with Crippen molar-refractivity contribution in [3.8, 4) is 45.6 Å². The minimum atomic E-state index is -4.96. The van der Waals surface area contributed by atoms with Crippen LogP contribution in [0, 0.1) is 0 Å². The van der Waals surface area contributed by atoms with E-state index >= 15 is 0 Å². The smallest absolute Gasteiger partial charge is 0.299 e. The lowest BCUT2D eigenvalue weighted by Crippen LogP contribution is -2.11. The van der Waals surface area contributed by atoms with Crippen molar-refractivity contribution in [3.05, 3.63) is 8.95 Å². The molecule has 2 aromatic carbocycles. The lowest BCUT2D eigenvalue weighted by Gasteiger charge is -2.25. The zero-order chi connectivity index (χ0) is 26.2. The summed E-state index contributed by atoms with van der Waals surface area (Å²) in [6, 6.07) is 0. The molecule has 0 fully saturated rings. The highest BCUT2D eigenvalue weighted by molar-refractivity contribution is 9.11. The summed E-state index contributed by atoms with van der Waals surface area (Å²) in [5, 5.41) is 0. The summed E-state index contributed by atoms with van der Waals surface area (Å²) in [6.07, 6.45) is 0. The summed E-state index contributed by atoms with van der Waals surface area (Å²) >= 11 is 6.14. The molecule has 34 heavy (non-hydrogen) atoms. The molecule has 12 nitrogen and oxygen atoms in total. The standard InChI is InChI=1S/C18H20Br2O12S2/c1-27-11-7(13(29-3)17(33(21,22)23)9(19)15(11)31-5)8-12(28-2)16(32-6)10(20)18(14(8)30-4)34(24,25)26/h1-6H3,(H,21,22,23)(H,24,25,26). The first-order chi connectivity index (χ1) is 15.8. The van der Waals surface area contributed by atoms with Gasteiger partial charge in [0.2, 0.25) is 0 Å². The fourth-order valence-corrected chi connectivity index (χ4v) is 7.07. The molecular formula is C18H20Br2O12S2. The van der Waals surface area contributed by atoms with Gasteiger partial charge in [-0.3, -0.25) is 9.11 Å². The van der Waals surface area contributed by atoms with Gasteiger partial charge in [-0.2, -0.15) is 16.8 Å². The van der Waals surface area contributed by atoms with Crippen LogP contribution in [0.15, 0.2) is 18.7 Å². The molecule has 0 atom stereocenters. The highest BCUT2D eigenvalue weighted by atomic mass is 79.9. The van der Waals surface area contributed by atoms with Crippen molar-refractivity contribution in [3.63, 3.8) is 0 Å². The molecule has 0 saturated heterocycles. The van der Waals surface area contributed by atoms with E-state index in [1.165, 1.54) is 28.4 Å². The van der Waals surface area contributed by atoms with Crippen molar-refractivity contribution in [1.29, 1.82) is 0 Å². The number of hydrogen-bond acceptors (Lipinski definition) is 10. The Hall–Kier alpha value is -1.98. The number of halogens is 2. The first kappa shape index (κ1) is 28.3. The number of methoxy groups -OCH3 is 6. The molecule has 0 aliphatic rings. The number of benzene rings is 2. The molecule has 0 spiro atoms. The van der Waals surface area contributed by atoms with Crippen molar-refractivity contribution in [1.82, 2.24) is 0 Å². The van der Waals surface area contributed by atoms with Gasteiger partial charge in [0, 0.05) is 0 Å². The van der Waals surface area contributed by atoms with E-state index in [2.05, 4.69) is 31.9 Å². The van der Waals surface area contributed by atoms with Gasteiger partial charge in [-0.05, 0) is 31.9 Å². The van der Waals surface area contributed by atoms with E-state index < -0.39 is 41.5 Å². The Bertz CT molecular complexity index is 1230. The Morgan fingerprint density at radius 2 is 0.735 bits per heavy atom. The molecule has 0 aliphatic carbocycles. The van der Waals surface area contributed by atoms with Crippen LogP contribution in [0.4, 0.5) is 0 Å². The van der Waals surface area contributed by atoms with Crippen molar-refractivity contribution in [2.75, 3.05) is 42.7 Å². The first-order valence-corrected chi connectivity index (χ1v) is 13.2. The molecule has 2 N–H and O–H groups in total. The van der Waals surface area contributed by atoms with E-state index in [0.29, 0.717) is 0 Å². The minimum absolute atomic E-state index is 0.166. The summed E-state index contributed by atoms with van der Waals surface area (Å²) in [7, 11) is -2.88. The Morgan fingerprint density at radius 3 is 0.912 bits per heavy atom. The molecule has 2 rings (SSSR count). The molecule has 0 aliphatic heterocycles. The number of hydrogen-bond donors (Lipinski definition) is 2. The monoisotopic (exact) mass is 650 g/mol. The molecule has 0 aromatic heterocycles. The largest absolute Gasteiger partial charge is 0.494 e. The highest BCUT2D eigenvalue weighted by Gasteiger charge is 2.39. The molecule has 0 unspecified atom stereocenters. The third-order valence-corrected chi connectivity index (χ3v) is 8.37. The van der Waals surface area contributed by atoms with Crippen LogP contribution in [0.3, 0.4) is 0 Å². The molecule has 0 amide bonds. The van der Waals surface area contributed by atoms with Gasteiger partial charge in [0.15, 0.2) is 44.3 Å². The van der Waals surface area contributed by atoms with Gasteiger partial charge in [-0.1, -0.05) is 0 Å². The van der Waals surface area contributed by atoms with Crippen molar-refractivity contribution in [2.45, 2.75) is 9.79 Å². The Morgan fingerprint density at radius 1 is 0.500 bits per heavy atom. The van der Waals surface area contributed by atoms with Gasteiger partial charge < -0.3 is 28.4 Å². The second-order valence-corrected chi connectivity index (χ2v) is 10.5. The van der Waals surface area contributed by atoms with E-state index in [4.69, 9.17) is 28.4 Å². The molecule has 2 aromatic rings. The highest BCUT2D eigenvalue weighted by Crippen LogP contribution is 2.60. The quantitative estimate of drug-likeness (QED) is 0.380. The van der Waals surface area contributed by atoms with Crippen molar-refractivity contribution >= 4 is 52.1 Å². The van der Waals surface area contributed by atoms with Gasteiger partial charge in [-0.15, -0.1) is 0 Å². The van der Waals surface area contributed by atoms with Crippen LogP contribution in [0.5, 0.6) is 34.5 Å². The van der Waals surface area contributed by atoms with Crippen LogP contribution >= 0.6 is 31.9 Å². The summed E-state index contributed by atoms with van der Waals surface area (Å²) in [5.74, 6) is -1.72. The fraction of sp³-hybridized carbons (Fsp3) is 0.333. The average Bonchev–Trinajstić information content (AvgIpc) is 2.75. The Balaban J connectivity index is 3.49. The van der Waals surface area contributed by atoms with E-state index in [0.717, 1.165) is 14.2 Å². The summed E-state index contributed by atoms with van der Waals surface area (Å²) in [5.41, 5.74) is -0.524. The molecule has 0 bridgehead atoms. The van der Waals surface area contributed by atoms with Crippen LogP contribution in [0.2, 0.25) is 0 Å². The Labute approximate surface area is 212 Å². The summed E-state index contributed by atoms with van der Waals surface area (Å²) in [6.45, 7) is 0. The average molecular weight is 652 g/mol. The molecular weight excluding hydrogens is 632 g/mol. The number of ether oxygens (including phenoxy) is 6. The SMILES string of the molecule is COc1c(Br)c(S(=O)(=O)O)c(OC)c(-c2c(OC)c(OC)c(Br)c(S(=O)(=O)O)c2OC)c1OC. The van der Waals surface area contributed by atoms with E-state index in [1.54, 1.807) is 0 Å². The minimum Gasteiger partial charge on any atom is -0.494 e. The topological polar surface area (TPSA) is 164 Å². The van der Waals surface area contributed by atoms with Crippen molar-refractivity contribution < 1.29 is 54.4 Å². The molecule has 0 radical (unpaired) electrons. The van der Waals surface area contributed by atoms with E-state index in [9.17, 15) is 25.9 Å². The summed E-state index contributed by atoms with van der Waals surface area (Å²) < 4.78 is 101. The zero-order valence-corrected chi connectivity index (χ0v) is 23.4. The lowest BCUT2D eigenvalue weighted by atomic mass is 9.99. The maximum Gasteiger partial charge on any atom is 0.299 e. The zero-order valence-electron chi connectivity index (χ0n) is 18.5. The van der Waals surface area contributed by atoms with E-state index in [1.807, 2.05) is 0 Å². The molecule has 0 saturated carbocycles. The molecule has 190 valence electrons.